The fraction of sp³-hybridized carbons (Fsp3) is 0.550. The number of ether oxygens (including phenoxy) is 1. The van der Waals surface area contributed by atoms with E-state index in [1.54, 1.807) is 19.1 Å². The molecule has 5 amide bonds. The molecule has 2 aromatic rings. The number of carbonyl (C=O) groups is 6. The molecule has 3 rings (SSSR count). The molecule has 0 saturated carbocycles. The van der Waals surface area contributed by atoms with E-state index < -0.39 is 72.0 Å². The summed E-state index contributed by atoms with van der Waals surface area (Å²) >= 11 is 0. The Hall–Kier alpha value is -4.70. The summed E-state index contributed by atoms with van der Waals surface area (Å²) in [5.41, 5.74) is 14.9. The molecule has 0 radical (unpaired) electrons. The van der Waals surface area contributed by atoms with Crippen molar-refractivity contribution in [3.8, 4) is 11.1 Å². The third-order valence-corrected chi connectivity index (χ3v) is 9.50. The van der Waals surface area contributed by atoms with Gasteiger partial charge in [0.2, 0.25) is 23.6 Å². The first-order chi connectivity index (χ1) is 26.2. The van der Waals surface area contributed by atoms with Crippen LogP contribution in [0.1, 0.15) is 89.1 Å². The summed E-state index contributed by atoms with van der Waals surface area (Å²) < 4.78 is 5.21. The second-order valence-corrected chi connectivity index (χ2v) is 14.2. The second-order valence-electron chi connectivity index (χ2n) is 14.2. The quantitative estimate of drug-likeness (QED) is 0.0589. The van der Waals surface area contributed by atoms with E-state index in [1.807, 2.05) is 24.3 Å². The molecule has 0 aliphatic carbocycles. The van der Waals surface area contributed by atoms with Crippen LogP contribution in [-0.4, -0.2) is 102 Å². The second kappa shape index (κ2) is 22.0. The maximum Gasteiger partial charge on any atom is 0.251 e. The highest BCUT2D eigenvalue weighted by atomic mass is 16.6. The van der Waals surface area contributed by atoms with Crippen LogP contribution in [0.5, 0.6) is 0 Å². The van der Waals surface area contributed by atoms with Crippen molar-refractivity contribution in [2.75, 3.05) is 13.1 Å². The van der Waals surface area contributed by atoms with Gasteiger partial charge in [0.15, 0.2) is 5.78 Å². The smallest absolute Gasteiger partial charge is 0.251 e. The lowest BCUT2D eigenvalue weighted by molar-refractivity contribution is -0.135. The van der Waals surface area contributed by atoms with Crippen molar-refractivity contribution in [2.24, 2.45) is 11.5 Å². The predicted octanol–water partition coefficient (Wildman–Crippen LogP) is 0.989. The van der Waals surface area contributed by atoms with E-state index in [2.05, 4.69) is 45.6 Å². The molecule has 0 bridgehead atoms. The number of nitrogens with two attached hydrogens (primary N) is 2. The number of aliphatic hydroxyl groups is 1. The lowest BCUT2D eigenvalue weighted by Gasteiger charge is -2.26. The van der Waals surface area contributed by atoms with Crippen LogP contribution in [0.15, 0.2) is 48.5 Å². The number of ketones is 1. The maximum atomic E-state index is 13.4. The summed E-state index contributed by atoms with van der Waals surface area (Å²) in [6.07, 6.45) is 2.44. The fourth-order valence-corrected chi connectivity index (χ4v) is 5.94. The Morgan fingerprint density at radius 3 is 1.80 bits per heavy atom. The molecule has 10 N–H and O–H groups in total. The number of epoxide rings is 1. The molecule has 55 heavy (non-hydrogen) atoms. The van der Waals surface area contributed by atoms with Gasteiger partial charge in [0, 0.05) is 5.56 Å². The van der Waals surface area contributed by atoms with Crippen LogP contribution >= 0.6 is 0 Å². The summed E-state index contributed by atoms with van der Waals surface area (Å²) in [5.74, 6) is -3.73. The first-order valence-electron chi connectivity index (χ1n) is 19.2. The van der Waals surface area contributed by atoms with Gasteiger partial charge in [-0.25, -0.2) is 0 Å². The van der Waals surface area contributed by atoms with E-state index in [1.165, 1.54) is 26.3 Å². The zero-order valence-electron chi connectivity index (χ0n) is 32.6. The van der Waals surface area contributed by atoms with Crippen molar-refractivity contribution in [3.05, 3.63) is 59.7 Å². The monoisotopic (exact) mass is 765 g/mol. The average Bonchev–Trinajstić information content (AvgIpc) is 3.90. The number of benzene rings is 2. The minimum absolute atomic E-state index is 0.0365. The molecule has 0 spiro atoms. The van der Waals surface area contributed by atoms with Gasteiger partial charge in [-0.05, 0) is 108 Å². The van der Waals surface area contributed by atoms with Crippen LogP contribution in [0.3, 0.4) is 0 Å². The molecular weight excluding hydrogens is 706 g/mol. The van der Waals surface area contributed by atoms with E-state index in [4.69, 9.17) is 16.2 Å². The van der Waals surface area contributed by atoms with Crippen LogP contribution in [0.4, 0.5) is 0 Å². The van der Waals surface area contributed by atoms with Crippen LogP contribution < -0.4 is 38.1 Å². The normalized spacial score (nSPS) is 18.0. The number of aliphatic hydroxyl groups excluding tert-OH is 1. The standard InChI is InChI=1S/C40H59N7O8/c1-6-7-10-27-12-14-28(15-13-27)29-16-18-30(19-17-29)37(51)46-32(20-22-42)39(53)47-33(25(4)48)40(54)44-24(3)36(50)45-31(11-8-9-21-41)38(52)43-23(2)34(49)35-26(5)55-35/h12-19,23-26,31-33,35,48H,6-11,20-22,41-42H2,1-5H3,(H,43,52)(H,44,54)(H,45,50)(H,46,51)(H,47,53). The van der Waals surface area contributed by atoms with E-state index >= 15 is 0 Å². The van der Waals surface area contributed by atoms with E-state index in [0.29, 0.717) is 24.9 Å². The van der Waals surface area contributed by atoms with Crippen molar-refractivity contribution >= 4 is 35.3 Å². The molecule has 1 aliphatic heterocycles. The number of Topliss-reactive ketones (excluding diaryl/α,β-unsaturated/α-hetero) is 1. The number of hydrogen-bond donors (Lipinski definition) is 8. The maximum absolute atomic E-state index is 13.4. The van der Waals surface area contributed by atoms with Crippen molar-refractivity contribution in [2.45, 2.75) is 128 Å². The topological polar surface area (TPSA) is 247 Å². The van der Waals surface area contributed by atoms with Crippen LogP contribution in [0.2, 0.25) is 0 Å². The minimum Gasteiger partial charge on any atom is -0.391 e. The number of unbranched alkanes of at least 4 members (excludes halogenated alkanes) is 2. The van der Waals surface area contributed by atoms with Crippen LogP contribution in [0.25, 0.3) is 11.1 Å². The lowest BCUT2D eigenvalue weighted by Crippen LogP contribution is -2.60. The Bertz CT molecular complexity index is 1600. The number of aryl methyl sites for hydroxylation is 1. The van der Waals surface area contributed by atoms with Gasteiger partial charge >= 0.3 is 0 Å². The van der Waals surface area contributed by atoms with E-state index in [0.717, 1.165) is 30.4 Å². The molecule has 1 saturated heterocycles. The molecule has 15 heteroatoms. The summed E-state index contributed by atoms with van der Waals surface area (Å²) in [5, 5.41) is 23.3. The number of rotatable bonds is 23. The van der Waals surface area contributed by atoms with Gasteiger partial charge in [-0.2, -0.15) is 0 Å². The highest BCUT2D eigenvalue weighted by Gasteiger charge is 2.43. The van der Waals surface area contributed by atoms with Crippen LogP contribution in [-0.2, 0) is 35.1 Å². The third-order valence-electron chi connectivity index (χ3n) is 9.50. The molecule has 1 aliphatic rings. The molecule has 1 fully saturated rings. The van der Waals surface area contributed by atoms with E-state index in [-0.39, 0.29) is 31.3 Å². The number of hydrogen-bond acceptors (Lipinski definition) is 10. The predicted molar refractivity (Wildman–Crippen MR) is 208 cm³/mol. The fourth-order valence-electron chi connectivity index (χ4n) is 5.94. The molecule has 1 heterocycles. The third kappa shape index (κ3) is 13.8. The highest BCUT2D eigenvalue weighted by Crippen LogP contribution is 2.23. The number of nitrogens with one attached hydrogen (secondary N) is 5. The Balaban J connectivity index is 1.60. The molecule has 0 aromatic heterocycles. The molecular formula is C40H59N7O8. The zero-order valence-corrected chi connectivity index (χ0v) is 32.6. The van der Waals surface area contributed by atoms with Gasteiger partial charge in [0.05, 0.1) is 18.2 Å². The Kier molecular flexibility index (Phi) is 17.9. The van der Waals surface area contributed by atoms with Gasteiger partial charge in [-0.15, -0.1) is 0 Å². The minimum atomic E-state index is -1.50. The SMILES string of the molecule is CCCCc1ccc(-c2ccc(C(=O)NC(CCN)C(=O)NC(C(=O)NC(C)C(=O)NC(CCCCN)C(=O)NC(C)C(=O)C3OC3C)C(C)O)cc2)cc1. The molecule has 8 unspecified atom stereocenters. The zero-order chi connectivity index (χ0) is 40.7. The first kappa shape index (κ1) is 44.7. The summed E-state index contributed by atoms with van der Waals surface area (Å²) in [4.78, 5) is 78.7. The largest absolute Gasteiger partial charge is 0.391 e. The van der Waals surface area contributed by atoms with Crippen molar-refractivity contribution in [1.29, 1.82) is 0 Å². The van der Waals surface area contributed by atoms with Crippen molar-refractivity contribution in [3.63, 3.8) is 0 Å². The van der Waals surface area contributed by atoms with Gasteiger partial charge < -0.3 is 47.9 Å². The summed E-state index contributed by atoms with van der Waals surface area (Å²) in [7, 11) is 0. The number of amides is 5. The number of carbonyl (C=O) groups excluding carboxylic acids is 6. The average molecular weight is 766 g/mol. The summed E-state index contributed by atoms with van der Waals surface area (Å²) in [6.45, 7) is 8.53. The van der Waals surface area contributed by atoms with Gasteiger partial charge in [-0.3, -0.25) is 28.8 Å². The van der Waals surface area contributed by atoms with Crippen molar-refractivity contribution in [1.82, 2.24) is 26.6 Å². The molecule has 15 nitrogen and oxygen atoms in total. The van der Waals surface area contributed by atoms with Crippen LogP contribution in [0, 0.1) is 0 Å². The van der Waals surface area contributed by atoms with Gasteiger partial charge in [-0.1, -0.05) is 49.7 Å². The summed E-state index contributed by atoms with van der Waals surface area (Å²) in [6, 6.07) is 9.51. The first-order valence-corrected chi connectivity index (χ1v) is 19.2. The highest BCUT2D eigenvalue weighted by molar-refractivity contribution is 5.99. The molecule has 2 aromatic carbocycles. The molecule has 8 atom stereocenters. The van der Waals surface area contributed by atoms with Gasteiger partial charge in [0.25, 0.3) is 5.91 Å². The molecule has 302 valence electrons. The van der Waals surface area contributed by atoms with Gasteiger partial charge in [0.1, 0.15) is 30.3 Å². The van der Waals surface area contributed by atoms with E-state index in [9.17, 15) is 33.9 Å². The Morgan fingerprint density at radius 2 is 1.25 bits per heavy atom. The Morgan fingerprint density at radius 1 is 0.691 bits per heavy atom. The lowest BCUT2D eigenvalue weighted by atomic mass is 10.0. The van der Waals surface area contributed by atoms with Crippen molar-refractivity contribution < 1.29 is 38.6 Å². The Labute approximate surface area is 323 Å².